The SMILES string of the molecule is CCC1C(CO)O[C@@H](CC)C(N=C=Nc2ccccc2)[C@H]1O. The van der Waals surface area contributed by atoms with E-state index in [1.165, 1.54) is 0 Å². The van der Waals surface area contributed by atoms with Crippen molar-refractivity contribution in [3.05, 3.63) is 30.3 Å². The molecule has 1 saturated heterocycles. The second kappa shape index (κ2) is 8.20. The molecule has 2 N–H and O–H groups in total. The lowest BCUT2D eigenvalue weighted by Gasteiger charge is -2.42. The molecule has 0 radical (unpaired) electrons. The molecule has 22 heavy (non-hydrogen) atoms. The van der Waals surface area contributed by atoms with Crippen LogP contribution < -0.4 is 0 Å². The van der Waals surface area contributed by atoms with Gasteiger partial charge in [0.25, 0.3) is 0 Å². The van der Waals surface area contributed by atoms with Crippen molar-refractivity contribution in [2.75, 3.05) is 6.61 Å². The Morgan fingerprint density at radius 3 is 2.45 bits per heavy atom. The van der Waals surface area contributed by atoms with Gasteiger partial charge in [-0.3, -0.25) is 0 Å². The molecule has 1 aliphatic rings. The van der Waals surface area contributed by atoms with E-state index in [4.69, 9.17) is 4.74 Å². The molecule has 0 spiro atoms. The van der Waals surface area contributed by atoms with Crippen LogP contribution in [-0.2, 0) is 4.74 Å². The van der Waals surface area contributed by atoms with Gasteiger partial charge in [0.15, 0.2) is 0 Å². The van der Waals surface area contributed by atoms with E-state index in [-0.39, 0.29) is 24.7 Å². The lowest BCUT2D eigenvalue weighted by Crippen LogP contribution is -2.54. The highest BCUT2D eigenvalue weighted by atomic mass is 16.5. The molecule has 0 amide bonds. The molecule has 0 aliphatic carbocycles. The summed E-state index contributed by atoms with van der Waals surface area (Å²) in [5.41, 5.74) is 0.769. The number of rotatable bonds is 5. The molecular formula is C17H24N2O3. The Hall–Kier alpha value is -1.52. The van der Waals surface area contributed by atoms with Crippen LogP contribution in [0, 0.1) is 5.92 Å². The lowest BCUT2D eigenvalue weighted by molar-refractivity contribution is -0.160. The molecule has 1 aromatic rings. The van der Waals surface area contributed by atoms with Crippen molar-refractivity contribution in [3.8, 4) is 0 Å². The maximum Gasteiger partial charge on any atom is 0.113 e. The number of hydrogen-bond donors (Lipinski definition) is 2. The molecule has 5 nitrogen and oxygen atoms in total. The number of aliphatic hydroxyl groups excluding tert-OH is 2. The van der Waals surface area contributed by atoms with Gasteiger partial charge in [-0.05, 0) is 25.0 Å². The van der Waals surface area contributed by atoms with Gasteiger partial charge in [0.1, 0.15) is 6.04 Å². The molecule has 1 heterocycles. The number of aliphatic hydroxyl groups is 2. The van der Waals surface area contributed by atoms with Gasteiger partial charge in [0.2, 0.25) is 0 Å². The third-order valence-corrected chi connectivity index (χ3v) is 4.19. The molecule has 120 valence electrons. The topological polar surface area (TPSA) is 74.4 Å². The van der Waals surface area contributed by atoms with Gasteiger partial charge in [-0.15, -0.1) is 0 Å². The van der Waals surface area contributed by atoms with Gasteiger partial charge in [-0.2, -0.15) is 4.99 Å². The van der Waals surface area contributed by atoms with Crippen molar-refractivity contribution in [2.45, 2.75) is 51.0 Å². The second-order valence-electron chi connectivity index (χ2n) is 5.53. The van der Waals surface area contributed by atoms with Crippen LogP contribution in [0.5, 0.6) is 0 Å². The zero-order valence-electron chi connectivity index (χ0n) is 13.1. The van der Waals surface area contributed by atoms with Crippen molar-refractivity contribution >= 4 is 11.7 Å². The number of para-hydroxylation sites is 1. The summed E-state index contributed by atoms with van der Waals surface area (Å²) in [7, 11) is 0. The summed E-state index contributed by atoms with van der Waals surface area (Å²) in [4.78, 5) is 8.47. The third-order valence-electron chi connectivity index (χ3n) is 4.19. The molecule has 0 bridgehead atoms. The zero-order valence-corrected chi connectivity index (χ0v) is 13.1. The quantitative estimate of drug-likeness (QED) is 0.820. The van der Waals surface area contributed by atoms with Crippen LogP contribution in [0.1, 0.15) is 26.7 Å². The highest BCUT2D eigenvalue weighted by Crippen LogP contribution is 2.31. The minimum absolute atomic E-state index is 0.0827. The van der Waals surface area contributed by atoms with Gasteiger partial charge >= 0.3 is 0 Å². The fourth-order valence-electron chi connectivity index (χ4n) is 2.93. The average Bonchev–Trinajstić information content (AvgIpc) is 2.56. The van der Waals surface area contributed by atoms with Crippen molar-refractivity contribution in [2.24, 2.45) is 15.9 Å². The number of ether oxygens (including phenoxy) is 1. The fourth-order valence-corrected chi connectivity index (χ4v) is 2.93. The van der Waals surface area contributed by atoms with Gasteiger partial charge < -0.3 is 14.9 Å². The summed E-state index contributed by atoms with van der Waals surface area (Å²) in [6, 6.07) is 11.7. The molecule has 5 atom stereocenters. The number of hydrogen-bond acceptors (Lipinski definition) is 5. The van der Waals surface area contributed by atoms with Crippen molar-refractivity contribution in [1.82, 2.24) is 0 Å². The molecule has 0 aromatic heterocycles. The number of aliphatic imine (C=N–C) groups is 2. The summed E-state index contributed by atoms with van der Waals surface area (Å²) in [6.45, 7) is 3.88. The maximum absolute atomic E-state index is 10.6. The monoisotopic (exact) mass is 304 g/mol. The first-order valence-electron chi connectivity index (χ1n) is 7.86. The molecule has 2 rings (SSSR count). The molecule has 5 heteroatoms. The molecule has 1 aromatic carbocycles. The summed E-state index contributed by atoms with van der Waals surface area (Å²) in [6.07, 6.45) is 0.228. The maximum atomic E-state index is 10.6. The van der Waals surface area contributed by atoms with Crippen LogP contribution in [0.15, 0.2) is 40.3 Å². The Balaban J connectivity index is 2.18. The Bertz CT molecular complexity index is 514. The first-order chi connectivity index (χ1) is 10.7. The predicted molar refractivity (Wildman–Crippen MR) is 85.6 cm³/mol. The Morgan fingerprint density at radius 1 is 1.14 bits per heavy atom. The van der Waals surface area contributed by atoms with Crippen LogP contribution in [-0.4, -0.2) is 47.2 Å². The average molecular weight is 304 g/mol. The molecular weight excluding hydrogens is 280 g/mol. The first kappa shape index (κ1) is 16.8. The third kappa shape index (κ3) is 3.81. The van der Waals surface area contributed by atoms with Crippen LogP contribution in [0.4, 0.5) is 5.69 Å². The Morgan fingerprint density at radius 2 is 1.86 bits per heavy atom. The molecule has 0 saturated carbocycles. The molecule has 1 fully saturated rings. The van der Waals surface area contributed by atoms with Gasteiger partial charge in [-0.1, -0.05) is 32.0 Å². The highest BCUT2D eigenvalue weighted by molar-refractivity contribution is 5.52. The summed E-state index contributed by atoms with van der Waals surface area (Å²) in [5.74, 6) is -0.125. The van der Waals surface area contributed by atoms with E-state index in [0.29, 0.717) is 6.42 Å². The summed E-state index contributed by atoms with van der Waals surface area (Å²) >= 11 is 0. The Labute approximate surface area is 131 Å². The molecule has 3 unspecified atom stereocenters. The van der Waals surface area contributed by atoms with Gasteiger partial charge in [0, 0.05) is 5.92 Å². The lowest BCUT2D eigenvalue weighted by atomic mass is 9.83. The fraction of sp³-hybridized carbons (Fsp3) is 0.588. The van der Waals surface area contributed by atoms with Crippen molar-refractivity contribution in [3.63, 3.8) is 0 Å². The van der Waals surface area contributed by atoms with Crippen LogP contribution >= 0.6 is 0 Å². The van der Waals surface area contributed by atoms with E-state index >= 15 is 0 Å². The van der Waals surface area contributed by atoms with E-state index in [2.05, 4.69) is 16.0 Å². The van der Waals surface area contributed by atoms with E-state index in [1.54, 1.807) is 0 Å². The number of nitrogens with zero attached hydrogens (tertiary/aromatic N) is 2. The largest absolute Gasteiger partial charge is 0.394 e. The van der Waals surface area contributed by atoms with E-state index in [9.17, 15) is 10.2 Å². The normalized spacial score (nSPS) is 31.4. The smallest absolute Gasteiger partial charge is 0.113 e. The van der Waals surface area contributed by atoms with Crippen molar-refractivity contribution in [1.29, 1.82) is 0 Å². The standard InChI is InChI=1S/C17H24N2O3/c1-3-13-15(10-20)22-14(4-2)16(17(13)21)19-11-18-12-8-6-5-7-9-12/h5-9,13-17,20-21H,3-4,10H2,1-2H3/t13?,14-,15?,16?,17-/m0/s1. The minimum atomic E-state index is -0.653. The van der Waals surface area contributed by atoms with Gasteiger partial charge in [0.05, 0.1) is 36.6 Å². The predicted octanol–water partition coefficient (Wildman–Crippen LogP) is 2.42. The van der Waals surface area contributed by atoms with E-state index in [0.717, 1.165) is 12.1 Å². The first-order valence-corrected chi connectivity index (χ1v) is 7.86. The zero-order chi connectivity index (χ0) is 15.9. The minimum Gasteiger partial charge on any atom is -0.394 e. The van der Waals surface area contributed by atoms with Gasteiger partial charge in [-0.25, -0.2) is 4.99 Å². The van der Waals surface area contributed by atoms with Crippen LogP contribution in [0.25, 0.3) is 0 Å². The second-order valence-corrected chi connectivity index (χ2v) is 5.53. The van der Waals surface area contributed by atoms with E-state index in [1.807, 2.05) is 44.2 Å². The van der Waals surface area contributed by atoms with E-state index < -0.39 is 12.1 Å². The Kier molecular flexibility index (Phi) is 6.28. The summed E-state index contributed by atoms with van der Waals surface area (Å²) in [5, 5.41) is 20.0. The number of benzene rings is 1. The van der Waals surface area contributed by atoms with Crippen LogP contribution in [0.3, 0.4) is 0 Å². The summed E-state index contributed by atoms with van der Waals surface area (Å²) < 4.78 is 5.89. The van der Waals surface area contributed by atoms with Crippen LogP contribution in [0.2, 0.25) is 0 Å². The van der Waals surface area contributed by atoms with Crippen molar-refractivity contribution < 1.29 is 14.9 Å². The molecule has 1 aliphatic heterocycles. The highest BCUT2D eigenvalue weighted by Gasteiger charge is 2.43.